The number of hydrogen-bond acceptors (Lipinski definition) is 7. The van der Waals surface area contributed by atoms with Crippen molar-refractivity contribution in [2.24, 2.45) is 7.05 Å². The van der Waals surface area contributed by atoms with Crippen LogP contribution in [-0.2, 0) is 7.05 Å². The molecule has 5 aromatic rings. The van der Waals surface area contributed by atoms with E-state index in [0.29, 0.717) is 11.4 Å². The van der Waals surface area contributed by atoms with Crippen LogP contribution in [0.1, 0.15) is 25.0 Å². The number of rotatable bonds is 5. The minimum Gasteiger partial charge on any atom is -0.493 e. The highest BCUT2D eigenvalue weighted by atomic mass is 16.5. The van der Waals surface area contributed by atoms with Gasteiger partial charge in [0.2, 0.25) is 0 Å². The Morgan fingerprint density at radius 1 is 0.947 bits per heavy atom. The molecule has 194 valence electrons. The average molecular weight is 509 g/mol. The van der Waals surface area contributed by atoms with E-state index in [9.17, 15) is 0 Å². The van der Waals surface area contributed by atoms with Gasteiger partial charge in [0.05, 0.1) is 24.0 Å². The van der Waals surface area contributed by atoms with Gasteiger partial charge in [0.1, 0.15) is 17.7 Å². The van der Waals surface area contributed by atoms with Crippen molar-refractivity contribution in [3.63, 3.8) is 0 Å². The summed E-state index contributed by atoms with van der Waals surface area (Å²) < 4.78 is 9.39. The second-order valence-corrected chi connectivity index (χ2v) is 10.4. The first-order valence-electron chi connectivity index (χ1n) is 13.4. The first-order chi connectivity index (χ1) is 18.6. The topological polar surface area (TPSA) is 76.6 Å². The molecule has 9 nitrogen and oxygen atoms in total. The fourth-order valence-electron chi connectivity index (χ4n) is 5.85. The molecule has 1 saturated heterocycles. The van der Waals surface area contributed by atoms with Gasteiger partial charge in [-0.3, -0.25) is 9.88 Å². The van der Waals surface area contributed by atoms with Gasteiger partial charge in [-0.2, -0.15) is 5.10 Å². The molecule has 1 saturated carbocycles. The van der Waals surface area contributed by atoms with E-state index in [0.717, 1.165) is 58.5 Å². The Kier molecular flexibility index (Phi) is 5.54. The Labute approximate surface area is 221 Å². The lowest BCUT2D eigenvalue weighted by molar-refractivity contribution is 0.120. The molecule has 2 aliphatic rings. The van der Waals surface area contributed by atoms with Gasteiger partial charge in [0.25, 0.3) is 0 Å². The predicted molar refractivity (Wildman–Crippen MR) is 149 cm³/mol. The molecule has 9 heteroatoms. The van der Waals surface area contributed by atoms with Crippen LogP contribution in [0.4, 0.5) is 5.69 Å². The third-order valence-electron chi connectivity index (χ3n) is 8.30. The number of aromatic nitrogens is 6. The summed E-state index contributed by atoms with van der Waals surface area (Å²) in [5.41, 5.74) is 7.78. The largest absolute Gasteiger partial charge is 0.493 e. The Hall–Kier alpha value is -3.98. The van der Waals surface area contributed by atoms with E-state index in [1.54, 1.807) is 11.6 Å². The van der Waals surface area contributed by atoms with Crippen molar-refractivity contribution in [3.05, 3.63) is 54.6 Å². The van der Waals surface area contributed by atoms with Gasteiger partial charge in [-0.15, -0.1) is 0 Å². The zero-order chi connectivity index (χ0) is 25.8. The first kappa shape index (κ1) is 23.2. The molecule has 4 aromatic heterocycles. The molecule has 38 heavy (non-hydrogen) atoms. The Morgan fingerprint density at radius 2 is 1.74 bits per heavy atom. The van der Waals surface area contributed by atoms with Crippen LogP contribution in [0.15, 0.2) is 48.9 Å². The number of ether oxygens (including phenoxy) is 1. The lowest BCUT2D eigenvalue weighted by atomic mass is 9.91. The van der Waals surface area contributed by atoms with E-state index < -0.39 is 0 Å². The van der Waals surface area contributed by atoms with Crippen molar-refractivity contribution in [2.75, 3.05) is 38.2 Å². The number of fused-ring (bicyclic) bond motifs is 2. The fraction of sp³-hybridized carbons (Fsp3) is 0.379. The second-order valence-electron chi connectivity index (χ2n) is 10.4. The highest BCUT2D eigenvalue weighted by Gasteiger charge is 2.28. The van der Waals surface area contributed by atoms with Gasteiger partial charge in [0, 0.05) is 62.3 Å². The number of aryl methyl sites for hydroxylation is 2. The van der Waals surface area contributed by atoms with Gasteiger partial charge in [-0.05, 0) is 44.0 Å². The summed E-state index contributed by atoms with van der Waals surface area (Å²) in [6, 6.07) is 13.8. The second kappa shape index (κ2) is 9.09. The van der Waals surface area contributed by atoms with Crippen LogP contribution >= 0.6 is 0 Å². The lowest BCUT2D eigenvalue weighted by Gasteiger charge is -2.43. The minimum absolute atomic E-state index is 0.659. The van der Waals surface area contributed by atoms with E-state index in [1.165, 1.54) is 44.4 Å². The quantitative estimate of drug-likeness (QED) is 0.350. The summed E-state index contributed by atoms with van der Waals surface area (Å²) in [5.74, 6) is 1.49. The molecule has 0 unspecified atom stereocenters. The molecule has 1 aromatic carbocycles. The molecule has 1 aliphatic carbocycles. The molecular formula is C29H32N8O. The SMILES string of the molecule is COc1cc(-c2nc3c(C)nc(-c4ccc(N5CCN(C6CCC6)CC5)cc4)cc3n2C)cn2ncnc12. The summed E-state index contributed by atoms with van der Waals surface area (Å²) in [5, 5.41) is 4.30. The van der Waals surface area contributed by atoms with Crippen LogP contribution < -0.4 is 9.64 Å². The summed E-state index contributed by atoms with van der Waals surface area (Å²) in [6.07, 6.45) is 7.63. The number of hydrogen-bond donors (Lipinski definition) is 0. The van der Waals surface area contributed by atoms with Crippen molar-refractivity contribution < 1.29 is 4.74 Å². The molecule has 0 atom stereocenters. The van der Waals surface area contributed by atoms with Crippen LogP contribution in [0.2, 0.25) is 0 Å². The third-order valence-corrected chi connectivity index (χ3v) is 8.30. The maximum Gasteiger partial charge on any atom is 0.197 e. The third kappa shape index (κ3) is 3.80. The van der Waals surface area contributed by atoms with Crippen LogP contribution in [0, 0.1) is 6.92 Å². The molecule has 0 amide bonds. The Morgan fingerprint density at radius 3 is 2.45 bits per heavy atom. The molecule has 1 aliphatic heterocycles. The van der Waals surface area contributed by atoms with Crippen molar-refractivity contribution in [1.29, 1.82) is 0 Å². The number of methoxy groups -OCH3 is 1. The molecule has 0 spiro atoms. The highest BCUT2D eigenvalue weighted by molar-refractivity contribution is 5.86. The smallest absolute Gasteiger partial charge is 0.197 e. The number of piperazine rings is 1. The van der Waals surface area contributed by atoms with E-state index in [4.69, 9.17) is 14.7 Å². The van der Waals surface area contributed by atoms with Gasteiger partial charge in [-0.25, -0.2) is 14.5 Å². The molecular weight excluding hydrogens is 476 g/mol. The average Bonchev–Trinajstić information content (AvgIpc) is 3.52. The number of pyridine rings is 2. The highest BCUT2D eigenvalue weighted by Crippen LogP contribution is 2.32. The standard InChI is InChI=1S/C29H32N8O/c1-19-27-25(34(2)28(33-27)21-15-26(38-3)29-30-18-31-37(29)17-21)16-24(32-19)20-7-9-23(10-8-20)36-13-11-35(12-14-36)22-5-4-6-22/h7-10,15-18,22H,4-6,11-14H2,1-3H3. The van der Waals surface area contributed by atoms with Gasteiger partial charge < -0.3 is 14.2 Å². The van der Waals surface area contributed by atoms with Gasteiger partial charge >= 0.3 is 0 Å². The summed E-state index contributed by atoms with van der Waals surface area (Å²) >= 11 is 0. The monoisotopic (exact) mass is 508 g/mol. The van der Waals surface area contributed by atoms with Crippen molar-refractivity contribution in [3.8, 4) is 28.4 Å². The maximum absolute atomic E-state index is 5.56. The molecule has 2 fully saturated rings. The number of anilines is 1. The van der Waals surface area contributed by atoms with Crippen molar-refractivity contribution in [2.45, 2.75) is 32.2 Å². The fourth-order valence-corrected chi connectivity index (χ4v) is 5.85. The van der Waals surface area contributed by atoms with Crippen LogP contribution in [0.25, 0.3) is 39.3 Å². The van der Waals surface area contributed by atoms with E-state index >= 15 is 0 Å². The lowest BCUT2D eigenvalue weighted by Crippen LogP contribution is -2.52. The summed E-state index contributed by atoms with van der Waals surface area (Å²) in [6.45, 7) is 6.56. The molecule has 7 rings (SSSR count). The van der Waals surface area contributed by atoms with Crippen LogP contribution in [-0.4, -0.2) is 73.4 Å². The predicted octanol–water partition coefficient (Wildman–Crippen LogP) is 4.34. The van der Waals surface area contributed by atoms with E-state index in [1.807, 2.05) is 26.2 Å². The summed E-state index contributed by atoms with van der Waals surface area (Å²) in [7, 11) is 3.68. The zero-order valence-corrected chi connectivity index (χ0v) is 22.1. The van der Waals surface area contributed by atoms with Crippen molar-refractivity contribution in [1.82, 2.24) is 34.0 Å². The van der Waals surface area contributed by atoms with Crippen LogP contribution in [0.5, 0.6) is 5.75 Å². The van der Waals surface area contributed by atoms with E-state index in [-0.39, 0.29) is 0 Å². The van der Waals surface area contributed by atoms with Gasteiger partial charge in [-0.1, -0.05) is 18.6 Å². The Balaban J connectivity index is 1.18. The molecule has 5 heterocycles. The van der Waals surface area contributed by atoms with Crippen LogP contribution in [0.3, 0.4) is 0 Å². The normalized spacial score (nSPS) is 16.9. The maximum atomic E-state index is 5.56. The molecule has 0 radical (unpaired) electrons. The number of nitrogens with zero attached hydrogens (tertiary/aromatic N) is 8. The first-order valence-corrected chi connectivity index (χ1v) is 13.4. The van der Waals surface area contributed by atoms with E-state index in [2.05, 4.69) is 54.8 Å². The number of imidazole rings is 1. The minimum atomic E-state index is 0.659. The Bertz CT molecular complexity index is 1620. The summed E-state index contributed by atoms with van der Waals surface area (Å²) in [4.78, 5) is 19.4. The van der Waals surface area contributed by atoms with Crippen molar-refractivity contribution >= 4 is 22.4 Å². The molecule has 0 N–H and O–H groups in total. The zero-order valence-electron chi connectivity index (χ0n) is 22.1. The molecule has 0 bridgehead atoms. The van der Waals surface area contributed by atoms with Gasteiger partial charge in [0.15, 0.2) is 11.4 Å². The number of benzene rings is 1.